The SMILES string of the molecule is Cc1cc(C)c(NC(=O)CNC(=O)NCCOc2ccc3c(c2)CCC3)c(C)c1. The maximum absolute atomic E-state index is 12.1. The van der Waals surface area contributed by atoms with E-state index in [0.717, 1.165) is 41.0 Å². The number of carbonyl (C=O) groups excluding carboxylic acids is 2. The lowest BCUT2D eigenvalue weighted by Crippen LogP contribution is -2.41. The number of nitrogens with one attached hydrogen (secondary N) is 3. The Bertz CT molecular complexity index is 885. The molecule has 0 unspecified atom stereocenters. The number of hydrogen-bond donors (Lipinski definition) is 3. The fraction of sp³-hybridized carbons (Fsp3) is 0.391. The number of ether oxygens (including phenoxy) is 1. The first-order valence-electron chi connectivity index (χ1n) is 10.1. The quantitative estimate of drug-likeness (QED) is 0.629. The summed E-state index contributed by atoms with van der Waals surface area (Å²) in [5.74, 6) is 0.570. The molecule has 3 rings (SSSR count). The van der Waals surface area contributed by atoms with Crippen molar-refractivity contribution in [2.45, 2.75) is 40.0 Å². The highest BCUT2D eigenvalue weighted by atomic mass is 16.5. The van der Waals surface area contributed by atoms with Crippen LogP contribution in [0.2, 0.25) is 0 Å². The zero-order valence-corrected chi connectivity index (χ0v) is 17.4. The van der Waals surface area contributed by atoms with Crippen molar-refractivity contribution in [3.63, 3.8) is 0 Å². The molecular formula is C23H29N3O3. The highest BCUT2D eigenvalue weighted by Gasteiger charge is 2.12. The van der Waals surface area contributed by atoms with E-state index in [1.54, 1.807) is 0 Å². The Morgan fingerprint density at radius 2 is 1.69 bits per heavy atom. The molecule has 0 radical (unpaired) electrons. The van der Waals surface area contributed by atoms with Crippen LogP contribution in [0.3, 0.4) is 0 Å². The first-order chi connectivity index (χ1) is 13.9. The molecule has 2 aromatic rings. The second-order valence-corrected chi connectivity index (χ2v) is 7.56. The Balaban J connectivity index is 1.35. The fourth-order valence-corrected chi connectivity index (χ4v) is 3.76. The third-order valence-corrected chi connectivity index (χ3v) is 5.08. The molecule has 3 N–H and O–H groups in total. The van der Waals surface area contributed by atoms with Gasteiger partial charge in [0.1, 0.15) is 12.4 Å². The van der Waals surface area contributed by atoms with Crippen LogP contribution in [0.5, 0.6) is 5.75 Å². The van der Waals surface area contributed by atoms with E-state index in [0.29, 0.717) is 13.2 Å². The van der Waals surface area contributed by atoms with E-state index in [-0.39, 0.29) is 12.5 Å². The van der Waals surface area contributed by atoms with Gasteiger partial charge in [0, 0.05) is 5.69 Å². The molecule has 1 aliphatic carbocycles. The Hall–Kier alpha value is -3.02. The lowest BCUT2D eigenvalue weighted by molar-refractivity contribution is -0.115. The number of anilines is 1. The van der Waals surface area contributed by atoms with Crippen LogP contribution >= 0.6 is 0 Å². The summed E-state index contributed by atoms with van der Waals surface area (Å²) in [6, 6.07) is 9.82. The minimum absolute atomic E-state index is 0.0930. The average Bonchev–Trinajstić information content (AvgIpc) is 3.14. The molecule has 0 heterocycles. The minimum atomic E-state index is -0.393. The third kappa shape index (κ3) is 5.73. The highest BCUT2D eigenvalue weighted by molar-refractivity contribution is 5.95. The Morgan fingerprint density at radius 3 is 2.45 bits per heavy atom. The van der Waals surface area contributed by atoms with E-state index in [4.69, 9.17) is 4.74 Å². The summed E-state index contributed by atoms with van der Waals surface area (Å²) < 4.78 is 5.70. The van der Waals surface area contributed by atoms with Crippen molar-refractivity contribution in [1.29, 1.82) is 0 Å². The van der Waals surface area contributed by atoms with Gasteiger partial charge in [0.05, 0.1) is 13.1 Å². The van der Waals surface area contributed by atoms with Crippen LogP contribution in [0, 0.1) is 20.8 Å². The van der Waals surface area contributed by atoms with Gasteiger partial charge in [-0.1, -0.05) is 23.8 Å². The van der Waals surface area contributed by atoms with Crippen LogP contribution in [-0.2, 0) is 17.6 Å². The predicted molar refractivity (Wildman–Crippen MR) is 115 cm³/mol. The van der Waals surface area contributed by atoms with Gasteiger partial charge in [-0.3, -0.25) is 4.79 Å². The van der Waals surface area contributed by atoms with Gasteiger partial charge in [-0.15, -0.1) is 0 Å². The van der Waals surface area contributed by atoms with Gasteiger partial charge < -0.3 is 20.7 Å². The van der Waals surface area contributed by atoms with Crippen molar-refractivity contribution in [2.75, 3.05) is 25.0 Å². The van der Waals surface area contributed by atoms with Crippen molar-refractivity contribution in [3.8, 4) is 5.75 Å². The van der Waals surface area contributed by atoms with Gasteiger partial charge in [-0.05, 0) is 74.4 Å². The molecule has 1 aliphatic rings. The van der Waals surface area contributed by atoms with E-state index in [2.05, 4.69) is 28.1 Å². The summed E-state index contributed by atoms with van der Waals surface area (Å²) in [4.78, 5) is 24.0. The van der Waals surface area contributed by atoms with Crippen LogP contribution in [-0.4, -0.2) is 31.6 Å². The monoisotopic (exact) mass is 395 g/mol. The molecule has 154 valence electrons. The first kappa shape index (κ1) is 20.7. The fourth-order valence-electron chi connectivity index (χ4n) is 3.76. The number of benzene rings is 2. The highest BCUT2D eigenvalue weighted by Crippen LogP contribution is 2.26. The molecule has 0 spiro atoms. The van der Waals surface area contributed by atoms with Crippen molar-refractivity contribution < 1.29 is 14.3 Å². The molecule has 6 heteroatoms. The summed E-state index contributed by atoms with van der Waals surface area (Å²) in [6.45, 7) is 6.57. The molecule has 0 saturated heterocycles. The van der Waals surface area contributed by atoms with Gasteiger partial charge >= 0.3 is 6.03 Å². The number of rotatable bonds is 7. The maximum atomic E-state index is 12.1. The lowest BCUT2D eigenvalue weighted by Gasteiger charge is -2.13. The van der Waals surface area contributed by atoms with Gasteiger partial charge in [0.15, 0.2) is 0 Å². The van der Waals surface area contributed by atoms with E-state index < -0.39 is 6.03 Å². The summed E-state index contributed by atoms with van der Waals surface area (Å²) in [7, 11) is 0. The predicted octanol–water partition coefficient (Wildman–Crippen LogP) is 3.42. The number of hydrogen-bond acceptors (Lipinski definition) is 3. The molecular weight excluding hydrogens is 366 g/mol. The number of carbonyl (C=O) groups is 2. The van der Waals surface area contributed by atoms with Gasteiger partial charge in [-0.25, -0.2) is 4.79 Å². The summed E-state index contributed by atoms with van der Waals surface area (Å²) in [5, 5.41) is 8.13. The van der Waals surface area contributed by atoms with Gasteiger partial charge in [0.25, 0.3) is 0 Å². The second-order valence-electron chi connectivity index (χ2n) is 7.56. The molecule has 3 amide bonds. The number of aryl methyl sites for hydroxylation is 5. The van der Waals surface area contributed by atoms with Crippen LogP contribution in [0.1, 0.15) is 34.2 Å². The number of amides is 3. The minimum Gasteiger partial charge on any atom is -0.492 e. The van der Waals surface area contributed by atoms with Crippen molar-refractivity contribution >= 4 is 17.6 Å². The zero-order valence-electron chi connectivity index (χ0n) is 17.4. The van der Waals surface area contributed by atoms with Crippen molar-refractivity contribution in [2.24, 2.45) is 0 Å². The first-order valence-corrected chi connectivity index (χ1v) is 10.1. The van der Waals surface area contributed by atoms with Crippen molar-refractivity contribution in [1.82, 2.24) is 10.6 Å². The van der Waals surface area contributed by atoms with Crippen molar-refractivity contribution in [3.05, 3.63) is 58.1 Å². The van der Waals surface area contributed by atoms with E-state index >= 15 is 0 Å². The van der Waals surface area contributed by atoms with Crippen LogP contribution < -0.4 is 20.7 Å². The molecule has 0 atom stereocenters. The van der Waals surface area contributed by atoms with Gasteiger partial charge in [0.2, 0.25) is 5.91 Å². The molecule has 2 aromatic carbocycles. The number of urea groups is 1. The van der Waals surface area contributed by atoms with Crippen LogP contribution in [0.15, 0.2) is 30.3 Å². The molecule has 0 bridgehead atoms. The molecule has 0 saturated carbocycles. The molecule has 29 heavy (non-hydrogen) atoms. The third-order valence-electron chi connectivity index (χ3n) is 5.08. The van der Waals surface area contributed by atoms with E-state index in [9.17, 15) is 9.59 Å². The lowest BCUT2D eigenvalue weighted by atomic mass is 10.1. The largest absolute Gasteiger partial charge is 0.492 e. The summed E-state index contributed by atoms with van der Waals surface area (Å²) >= 11 is 0. The topological polar surface area (TPSA) is 79.5 Å². The Morgan fingerprint density at radius 1 is 0.966 bits per heavy atom. The Kier molecular flexibility index (Phi) is 6.75. The van der Waals surface area contributed by atoms with E-state index in [1.165, 1.54) is 17.5 Å². The van der Waals surface area contributed by atoms with Crippen LogP contribution in [0.25, 0.3) is 0 Å². The zero-order chi connectivity index (χ0) is 20.8. The van der Waals surface area contributed by atoms with E-state index in [1.807, 2.05) is 39.0 Å². The molecule has 0 aromatic heterocycles. The molecule has 0 aliphatic heterocycles. The number of fused-ring (bicyclic) bond motifs is 1. The van der Waals surface area contributed by atoms with Gasteiger partial charge in [-0.2, -0.15) is 0 Å². The van der Waals surface area contributed by atoms with Crippen LogP contribution in [0.4, 0.5) is 10.5 Å². The summed E-state index contributed by atoms with van der Waals surface area (Å²) in [6.07, 6.45) is 3.46. The molecule has 0 fully saturated rings. The second kappa shape index (κ2) is 9.45. The summed E-state index contributed by atoms with van der Waals surface area (Å²) in [5.41, 5.74) is 6.72. The standard InChI is InChI=1S/C23H29N3O3/c1-15-11-16(2)22(17(3)12-15)26-21(27)14-25-23(28)24-9-10-29-20-8-7-18-5-4-6-19(18)13-20/h7-8,11-13H,4-6,9-10,14H2,1-3H3,(H,26,27)(H2,24,25,28). The smallest absolute Gasteiger partial charge is 0.315 e. The normalized spacial score (nSPS) is 12.2. The molecule has 6 nitrogen and oxygen atoms in total. The Labute approximate surface area is 172 Å². The average molecular weight is 396 g/mol. The maximum Gasteiger partial charge on any atom is 0.315 e.